The Bertz CT molecular complexity index is 594. The predicted octanol–water partition coefficient (Wildman–Crippen LogP) is 4.89. The van der Waals surface area contributed by atoms with Crippen molar-refractivity contribution in [3.8, 4) is 5.75 Å². The summed E-state index contributed by atoms with van der Waals surface area (Å²) in [6.07, 6.45) is 0.876. The summed E-state index contributed by atoms with van der Waals surface area (Å²) in [5.74, 6) is -1.04. The molecule has 1 N–H and O–H groups in total. The number of halogens is 3. The van der Waals surface area contributed by atoms with E-state index in [1.54, 1.807) is 0 Å². The second-order valence-corrected chi connectivity index (χ2v) is 6.87. The van der Waals surface area contributed by atoms with Crippen LogP contribution in [0.5, 0.6) is 5.75 Å². The molecule has 1 atom stereocenters. The van der Waals surface area contributed by atoms with Crippen LogP contribution in [0.25, 0.3) is 0 Å². The quantitative estimate of drug-likeness (QED) is 0.776. The Balaban J connectivity index is 2.46. The standard InChI is InChI=1S/C15H16BrF2NOS/c1-3-4-19-15(9-5-13(16)21-8-9)14-11(17)6-10(20-2)7-12(14)18/h5-8,15,19H,3-4H2,1-2H3. The van der Waals surface area contributed by atoms with Crippen LogP contribution in [0, 0.1) is 11.6 Å². The molecule has 0 aliphatic rings. The zero-order valence-corrected chi connectivity index (χ0v) is 14.2. The van der Waals surface area contributed by atoms with Crippen LogP contribution in [0.15, 0.2) is 27.4 Å². The molecule has 0 aliphatic heterocycles. The largest absolute Gasteiger partial charge is 0.497 e. The maximum Gasteiger partial charge on any atom is 0.134 e. The molecule has 0 radical (unpaired) electrons. The summed E-state index contributed by atoms with van der Waals surface area (Å²) in [6, 6.07) is 3.78. The number of benzene rings is 1. The fraction of sp³-hybridized carbons (Fsp3) is 0.333. The minimum atomic E-state index is -0.609. The number of methoxy groups -OCH3 is 1. The number of ether oxygens (including phenoxy) is 1. The Kier molecular flexibility index (Phi) is 5.72. The van der Waals surface area contributed by atoms with Gasteiger partial charge < -0.3 is 10.1 Å². The monoisotopic (exact) mass is 375 g/mol. The molecule has 114 valence electrons. The zero-order valence-electron chi connectivity index (χ0n) is 11.8. The fourth-order valence-electron chi connectivity index (χ4n) is 2.10. The van der Waals surface area contributed by atoms with Gasteiger partial charge >= 0.3 is 0 Å². The van der Waals surface area contributed by atoms with Crippen molar-refractivity contribution in [2.24, 2.45) is 0 Å². The Morgan fingerprint density at radius 2 is 1.95 bits per heavy atom. The van der Waals surface area contributed by atoms with Gasteiger partial charge in [0, 0.05) is 17.7 Å². The molecule has 0 saturated heterocycles. The lowest BCUT2D eigenvalue weighted by Crippen LogP contribution is -2.24. The molecule has 2 aromatic rings. The lowest BCUT2D eigenvalue weighted by molar-refractivity contribution is 0.403. The molecule has 6 heteroatoms. The number of thiophene rings is 1. The third-order valence-electron chi connectivity index (χ3n) is 3.10. The number of rotatable bonds is 6. The number of hydrogen-bond donors (Lipinski definition) is 1. The summed E-state index contributed by atoms with van der Waals surface area (Å²) in [7, 11) is 1.39. The van der Waals surface area contributed by atoms with Gasteiger partial charge in [0.1, 0.15) is 17.4 Å². The highest BCUT2D eigenvalue weighted by Gasteiger charge is 2.23. The molecule has 1 heterocycles. The first kappa shape index (κ1) is 16.4. The highest BCUT2D eigenvalue weighted by molar-refractivity contribution is 9.11. The summed E-state index contributed by atoms with van der Waals surface area (Å²) in [4.78, 5) is 0. The molecule has 0 aliphatic carbocycles. The van der Waals surface area contributed by atoms with Gasteiger partial charge in [-0.15, -0.1) is 11.3 Å². The molecular weight excluding hydrogens is 360 g/mol. The van der Waals surface area contributed by atoms with Crippen LogP contribution in [-0.4, -0.2) is 13.7 Å². The lowest BCUT2D eigenvalue weighted by Gasteiger charge is -2.20. The van der Waals surface area contributed by atoms with Crippen molar-refractivity contribution in [1.29, 1.82) is 0 Å². The summed E-state index contributed by atoms with van der Waals surface area (Å²) in [5, 5.41) is 5.09. The third-order valence-corrected chi connectivity index (χ3v) is 4.62. The van der Waals surface area contributed by atoms with Gasteiger partial charge in [-0.05, 0) is 45.9 Å². The van der Waals surface area contributed by atoms with E-state index in [1.807, 2.05) is 18.4 Å². The van der Waals surface area contributed by atoms with Gasteiger partial charge in [0.05, 0.1) is 16.9 Å². The molecule has 1 unspecified atom stereocenters. The van der Waals surface area contributed by atoms with E-state index >= 15 is 0 Å². The molecule has 0 fully saturated rings. The summed E-state index contributed by atoms with van der Waals surface area (Å²) in [5.41, 5.74) is 0.859. The molecule has 1 aromatic carbocycles. The van der Waals surface area contributed by atoms with Gasteiger partial charge in [-0.3, -0.25) is 0 Å². The SMILES string of the molecule is CCCNC(c1csc(Br)c1)c1c(F)cc(OC)cc1F. The molecule has 2 nitrogen and oxygen atoms in total. The minimum absolute atomic E-state index is 0.0227. The average Bonchev–Trinajstić information content (AvgIpc) is 2.87. The van der Waals surface area contributed by atoms with Crippen LogP contribution in [0.1, 0.15) is 30.5 Å². The van der Waals surface area contributed by atoms with E-state index in [2.05, 4.69) is 21.2 Å². The van der Waals surface area contributed by atoms with Crippen LogP contribution in [-0.2, 0) is 0 Å². The van der Waals surface area contributed by atoms with Crippen molar-refractivity contribution in [2.75, 3.05) is 13.7 Å². The fourth-order valence-corrected chi connectivity index (χ4v) is 3.31. The predicted molar refractivity (Wildman–Crippen MR) is 85.1 cm³/mol. The van der Waals surface area contributed by atoms with Crippen molar-refractivity contribution in [3.05, 3.63) is 50.1 Å². The maximum absolute atomic E-state index is 14.3. The Labute approximate surface area is 135 Å². The highest BCUT2D eigenvalue weighted by Crippen LogP contribution is 2.33. The van der Waals surface area contributed by atoms with Crippen molar-refractivity contribution in [1.82, 2.24) is 5.32 Å². The molecule has 0 bridgehead atoms. The van der Waals surface area contributed by atoms with Crippen LogP contribution in [0.3, 0.4) is 0 Å². The summed E-state index contributed by atoms with van der Waals surface area (Å²) in [6.45, 7) is 2.68. The van der Waals surface area contributed by atoms with Gasteiger partial charge in [-0.1, -0.05) is 6.92 Å². The first-order valence-electron chi connectivity index (χ1n) is 6.57. The van der Waals surface area contributed by atoms with E-state index in [-0.39, 0.29) is 11.3 Å². The van der Waals surface area contributed by atoms with E-state index < -0.39 is 17.7 Å². The maximum atomic E-state index is 14.3. The Hall–Kier alpha value is -0.980. The van der Waals surface area contributed by atoms with Gasteiger partial charge in [-0.2, -0.15) is 0 Å². The van der Waals surface area contributed by atoms with Crippen molar-refractivity contribution in [3.63, 3.8) is 0 Å². The molecule has 0 amide bonds. The van der Waals surface area contributed by atoms with E-state index in [0.29, 0.717) is 6.54 Å². The number of nitrogens with one attached hydrogen (secondary N) is 1. The molecule has 1 aromatic heterocycles. The second kappa shape index (κ2) is 7.33. The molecule has 2 rings (SSSR count). The van der Waals surface area contributed by atoms with E-state index in [0.717, 1.165) is 15.8 Å². The smallest absolute Gasteiger partial charge is 0.134 e. The lowest BCUT2D eigenvalue weighted by atomic mass is 9.99. The molecule has 0 spiro atoms. The van der Waals surface area contributed by atoms with Crippen LogP contribution in [0.2, 0.25) is 0 Å². The molecule has 0 saturated carbocycles. The third kappa shape index (κ3) is 3.81. The first-order chi connectivity index (χ1) is 10.1. The highest BCUT2D eigenvalue weighted by atomic mass is 79.9. The van der Waals surface area contributed by atoms with Gasteiger partial charge in [-0.25, -0.2) is 8.78 Å². The Morgan fingerprint density at radius 1 is 1.29 bits per heavy atom. The topological polar surface area (TPSA) is 21.3 Å². The Morgan fingerprint density at radius 3 is 2.43 bits per heavy atom. The van der Waals surface area contributed by atoms with Gasteiger partial charge in [0.2, 0.25) is 0 Å². The molecular formula is C15H16BrF2NOS. The average molecular weight is 376 g/mol. The van der Waals surface area contributed by atoms with Gasteiger partial charge in [0.15, 0.2) is 0 Å². The van der Waals surface area contributed by atoms with E-state index in [1.165, 1.54) is 30.6 Å². The zero-order chi connectivity index (χ0) is 15.4. The van der Waals surface area contributed by atoms with Crippen LogP contribution in [0.4, 0.5) is 8.78 Å². The number of hydrogen-bond acceptors (Lipinski definition) is 3. The van der Waals surface area contributed by atoms with Crippen LogP contribution < -0.4 is 10.1 Å². The van der Waals surface area contributed by atoms with Crippen molar-refractivity contribution in [2.45, 2.75) is 19.4 Å². The molecule has 21 heavy (non-hydrogen) atoms. The van der Waals surface area contributed by atoms with Crippen molar-refractivity contribution >= 4 is 27.3 Å². The van der Waals surface area contributed by atoms with E-state index in [4.69, 9.17) is 4.74 Å². The van der Waals surface area contributed by atoms with Gasteiger partial charge in [0.25, 0.3) is 0 Å². The minimum Gasteiger partial charge on any atom is -0.497 e. The summed E-state index contributed by atoms with van der Waals surface area (Å²) < 4.78 is 34.4. The summed E-state index contributed by atoms with van der Waals surface area (Å²) >= 11 is 4.87. The van der Waals surface area contributed by atoms with Crippen molar-refractivity contribution < 1.29 is 13.5 Å². The van der Waals surface area contributed by atoms with E-state index in [9.17, 15) is 8.78 Å². The second-order valence-electron chi connectivity index (χ2n) is 4.58. The normalized spacial score (nSPS) is 12.4. The van der Waals surface area contributed by atoms with Crippen LogP contribution >= 0.6 is 27.3 Å². The first-order valence-corrected chi connectivity index (χ1v) is 8.24.